The van der Waals surface area contributed by atoms with Crippen LogP contribution in [0.2, 0.25) is 0 Å². The average molecular weight is 277 g/mol. The van der Waals surface area contributed by atoms with Crippen molar-refractivity contribution < 1.29 is 27.1 Å². The van der Waals surface area contributed by atoms with E-state index in [0.29, 0.717) is 6.42 Å². The van der Waals surface area contributed by atoms with Crippen LogP contribution in [-0.4, -0.2) is 24.4 Å². The number of halogens is 4. The van der Waals surface area contributed by atoms with E-state index in [1.165, 1.54) is 24.3 Å². The Morgan fingerprint density at radius 1 is 1.32 bits per heavy atom. The molecule has 1 atom stereocenters. The molecule has 1 fully saturated rings. The van der Waals surface area contributed by atoms with Crippen molar-refractivity contribution in [2.75, 3.05) is 6.61 Å². The fourth-order valence-corrected chi connectivity index (χ4v) is 1.64. The van der Waals surface area contributed by atoms with Gasteiger partial charge in [0.2, 0.25) is 0 Å². The summed E-state index contributed by atoms with van der Waals surface area (Å²) in [5, 5.41) is 1.83. The van der Waals surface area contributed by atoms with Gasteiger partial charge < -0.3 is 10.1 Å². The molecule has 1 aromatic carbocycles. The predicted molar refractivity (Wildman–Crippen MR) is 57.6 cm³/mol. The molecule has 0 bridgehead atoms. The van der Waals surface area contributed by atoms with E-state index in [-0.39, 0.29) is 18.8 Å². The fourth-order valence-electron chi connectivity index (χ4n) is 1.64. The molecule has 0 aliphatic carbocycles. The topological polar surface area (TPSA) is 41.6 Å². The van der Waals surface area contributed by atoms with Crippen LogP contribution < -0.4 is 5.32 Å². The molecule has 1 amide bonds. The summed E-state index contributed by atoms with van der Waals surface area (Å²) in [6.07, 6.45) is -4.33. The SMILES string of the molecule is O=C(N[C@]1(CCc2ccc(F)cc2)CO1)C(F)(F)F. The molecular formula is C12H11F4NO2. The average Bonchev–Trinajstić information content (AvgIpc) is 3.07. The van der Waals surface area contributed by atoms with Crippen molar-refractivity contribution in [1.29, 1.82) is 0 Å². The van der Waals surface area contributed by atoms with E-state index in [2.05, 4.69) is 0 Å². The van der Waals surface area contributed by atoms with Crippen molar-refractivity contribution in [2.45, 2.75) is 24.7 Å². The molecule has 0 saturated carbocycles. The van der Waals surface area contributed by atoms with Crippen molar-refractivity contribution in [1.82, 2.24) is 5.32 Å². The molecule has 2 rings (SSSR count). The van der Waals surface area contributed by atoms with Gasteiger partial charge in [-0.2, -0.15) is 13.2 Å². The quantitative estimate of drug-likeness (QED) is 0.677. The first kappa shape index (κ1) is 13.8. The molecule has 1 aliphatic heterocycles. The van der Waals surface area contributed by atoms with Gasteiger partial charge in [-0.3, -0.25) is 4.79 Å². The standard InChI is InChI=1S/C12H11F4NO2/c13-9-3-1-8(2-4-9)5-6-11(7-19-11)17-10(18)12(14,15)16/h1-4H,5-7H2,(H,17,18)/t11-/m0/s1. The van der Waals surface area contributed by atoms with Crippen LogP contribution >= 0.6 is 0 Å². The van der Waals surface area contributed by atoms with E-state index in [4.69, 9.17) is 4.74 Å². The number of rotatable bonds is 4. The largest absolute Gasteiger partial charge is 0.471 e. The van der Waals surface area contributed by atoms with Crippen LogP contribution in [-0.2, 0) is 16.0 Å². The lowest BCUT2D eigenvalue weighted by Crippen LogP contribution is -2.45. The van der Waals surface area contributed by atoms with Gasteiger partial charge in [0.25, 0.3) is 0 Å². The smallest absolute Gasteiger partial charge is 0.348 e. The van der Waals surface area contributed by atoms with Crippen LogP contribution in [0.25, 0.3) is 0 Å². The number of nitrogens with one attached hydrogen (secondary N) is 1. The van der Waals surface area contributed by atoms with Gasteiger partial charge in [0.1, 0.15) is 5.82 Å². The van der Waals surface area contributed by atoms with Crippen molar-refractivity contribution in [3.63, 3.8) is 0 Å². The number of aryl methyl sites for hydroxylation is 1. The Morgan fingerprint density at radius 3 is 2.37 bits per heavy atom. The Balaban J connectivity index is 1.89. The summed E-state index contributed by atoms with van der Waals surface area (Å²) in [4.78, 5) is 10.8. The summed E-state index contributed by atoms with van der Waals surface area (Å²) in [5.74, 6) is -2.39. The number of carbonyl (C=O) groups is 1. The zero-order chi connectivity index (χ0) is 14.1. The lowest BCUT2D eigenvalue weighted by Gasteiger charge is -2.15. The van der Waals surface area contributed by atoms with Crippen molar-refractivity contribution in [2.24, 2.45) is 0 Å². The minimum absolute atomic E-state index is 0.0516. The van der Waals surface area contributed by atoms with Gasteiger partial charge in [-0.25, -0.2) is 4.39 Å². The Morgan fingerprint density at radius 2 is 1.89 bits per heavy atom. The Labute approximate surface area is 106 Å². The summed E-state index contributed by atoms with van der Waals surface area (Å²) in [6.45, 7) is 0.0516. The van der Waals surface area contributed by atoms with Crippen LogP contribution in [0.5, 0.6) is 0 Å². The number of carbonyl (C=O) groups excluding carboxylic acids is 1. The first-order valence-electron chi connectivity index (χ1n) is 5.58. The third kappa shape index (κ3) is 3.66. The van der Waals surface area contributed by atoms with Crippen LogP contribution in [0.15, 0.2) is 24.3 Å². The molecule has 3 nitrogen and oxygen atoms in total. The third-order valence-electron chi connectivity index (χ3n) is 2.82. The lowest BCUT2D eigenvalue weighted by molar-refractivity contribution is -0.175. The minimum Gasteiger partial charge on any atom is -0.348 e. The zero-order valence-corrected chi connectivity index (χ0v) is 9.76. The number of epoxide rings is 1. The van der Waals surface area contributed by atoms with Gasteiger partial charge in [0.15, 0.2) is 5.72 Å². The number of ether oxygens (including phenoxy) is 1. The molecule has 1 saturated heterocycles. The van der Waals surface area contributed by atoms with Crippen LogP contribution in [0, 0.1) is 5.82 Å². The molecule has 0 unspecified atom stereocenters. The summed E-state index contributed by atoms with van der Waals surface area (Å²) < 4.78 is 53.9. The second-order valence-electron chi connectivity index (χ2n) is 4.36. The van der Waals surface area contributed by atoms with Crippen LogP contribution in [0.3, 0.4) is 0 Å². The monoisotopic (exact) mass is 277 g/mol. The Hall–Kier alpha value is -1.63. The maximum Gasteiger partial charge on any atom is 0.471 e. The van der Waals surface area contributed by atoms with Gasteiger partial charge in [-0.05, 0) is 24.1 Å². The molecule has 0 radical (unpaired) electrons. The predicted octanol–water partition coefficient (Wildman–Crippen LogP) is 2.16. The first-order valence-corrected chi connectivity index (χ1v) is 5.58. The molecular weight excluding hydrogens is 266 g/mol. The highest BCUT2D eigenvalue weighted by molar-refractivity contribution is 5.82. The van der Waals surface area contributed by atoms with Crippen molar-refractivity contribution >= 4 is 5.91 Å². The number of hydrogen-bond acceptors (Lipinski definition) is 2. The molecule has 19 heavy (non-hydrogen) atoms. The highest BCUT2D eigenvalue weighted by Gasteiger charge is 2.51. The van der Waals surface area contributed by atoms with Gasteiger partial charge in [-0.1, -0.05) is 12.1 Å². The highest BCUT2D eigenvalue weighted by Crippen LogP contribution is 2.31. The van der Waals surface area contributed by atoms with Crippen molar-refractivity contribution in [3.8, 4) is 0 Å². The van der Waals surface area contributed by atoms with E-state index in [9.17, 15) is 22.4 Å². The van der Waals surface area contributed by atoms with Gasteiger partial charge >= 0.3 is 12.1 Å². The summed E-state index contributed by atoms with van der Waals surface area (Å²) in [5.41, 5.74) is -0.474. The second kappa shape index (κ2) is 4.80. The molecule has 1 aromatic rings. The third-order valence-corrected chi connectivity index (χ3v) is 2.82. The number of hydrogen-bond donors (Lipinski definition) is 1. The molecule has 104 valence electrons. The Kier molecular flexibility index (Phi) is 3.49. The van der Waals surface area contributed by atoms with Gasteiger partial charge in [-0.15, -0.1) is 0 Å². The molecule has 1 heterocycles. The maximum absolute atomic E-state index is 12.7. The normalized spacial score (nSPS) is 22.1. The molecule has 0 spiro atoms. The number of amides is 1. The summed E-state index contributed by atoms with van der Waals surface area (Å²) in [6, 6.07) is 5.61. The molecule has 1 aliphatic rings. The number of alkyl halides is 3. The first-order chi connectivity index (χ1) is 8.81. The van der Waals surface area contributed by atoms with E-state index in [1.54, 1.807) is 0 Å². The number of benzene rings is 1. The van der Waals surface area contributed by atoms with E-state index < -0.39 is 17.8 Å². The van der Waals surface area contributed by atoms with Gasteiger partial charge in [0, 0.05) is 6.42 Å². The minimum atomic E-state index is -4.92. The second-order valence-corrected chi connectivity index (χ2v) is 4.36. The lowest BCUT2D eigenvalue weighted by atomic mass is 10.1. The van der Waals surface area contributed by atoms with Crippen LogP contribution in [0.1, 0.15) is 12.0 Å². The molecule has 7 heteroatoms. The molecule has 1 N–H and O–H groups in total. The fraction of sp³-hybridized carbons (Fsp3) is 0.417. The maximum atomic E-state index is 12.7. The summed E-state index contributed by atoms with van der Waals surface area (Å²) in [7, 11) is 0. The van der Waals surface area contributed by atoms with E-state index >= 15 is 0 Å². The van der Waals surface area contributed by atoms with Gasteiger partial charge in [0.05, 0.1) is 6.61 Å². The summed E-state index contributed by atoms with van der Waals surface area (Å²) >= 11 is 0. The highest BCUT2D eigenvalue weighted by atomic mass is 19.4. The van der Waals surface area contributed by atoms with E-state index in [0.717, 1.165) is 5.56 Å². The van der Waals surface area contributed by atoms with Crippen LogP contribution in [0.4, 0.5) is 17.6 Å². The van der Waals surface area contributed by atoms with E-state index in [1.807, 2.05) is 5.32 Å². The van der Waals surface area contributed by atoms with Crippen molar-refractivity contribution in [3.05, 3.63) is 35.6 Å². The molecule has 0 aromatic heterocycles. The Bertz CT molecular complexity index is 466. The zero-order valence-electron chi connectivity index (χ0n) is 9.76.